The normalized spacial score (nSPS) is 11.6. The molecule has 0 atom stereocenters. The van der Waals surface area contributed by atoms with E-state index in [0.717, 1.165) is 12.8 Å². The van der Waals surface area contributed by atoms with E-state index in [-0.39, 0.29) is 5.97 Å². The van der Waals surface area contributed by atoms with Crippen LogP contribution in [-0.4, -0.2) is 23.9 Å². The topological polar surface area (TPSA) is 26.3 Å². The molecule has 0 bridgehead atoms. The van der Waals surface area contributed by atoms with Gasteiger partial charge in [0.25, 0.3) is 0 Å². The van der Waals surface area contributed by atoms with Gasteiger partial charge in [0.05, 0.1) is 7.66 Å². The lowest BCUT2D eigenvalue weighted by Crippen LogP contribution is -2.09. The summed E-state index contributed by atoms with van der Waals surface area (Å²) in [5.41, 5.74) is 0.488. The average molecular weight is 522 g/mol. The molecule has 5 heteroatoms. The molecule has 20 heavy (non-hydrogen) atoms. The third kappa shape index (κ3) is 15.3. The zero-order valence-corrected chi connectivity index (χ0v) is 19.2. The zero-order chi connectivity index (χ0) is 15.4. The van der Waals surface area contributed by atoms with Gasteiger partial charge in [-0.05, 0) is 19.8 Å². The van der Waals surface area contributed by atoms with Crippen LogP contribution in [0, 0.1) is 0 Å². The highest BCUT2D eigenvalue weighted by Crippen LogP contribution is 2.29. The van der Waals surface area contributed by atoms with Crippen molar-refractivity contribution >= 4 is 61.4 Å². The van der Waals surface area contributed by atoms with E-state index in [2.05, 4.69) is 51.8 Å². The molecule has 0 spiro atoms. The molecule has 0 aliphatic carbocycles. The summed E-state index contributed by atoms with van der Waals surface area (Å²) in [7, 11) is 1.28. The van der Waals surface area contributed by atoms with Crippen LogP contribution in [0.1, 0.15) is 64.7 Å². The highest BCUT2D eigenvalue weighted by molar-refractivity contribution is 14.2. The third-order valence-corrected chi connectivity index (χ3v) is 4.67. The molecule has 0 radical (unpaired) electrons. The number of hydrogen-bond donors (Lipinski definition) is 0. The Bertz CT molecular complexity index is 288. The summed E-state index contributed by atoms with van der Waals surface area (Å²) in [4.78, 5) is 11.1. The molecule has 0 amide bonds. The van der Waals surface area contributed by atoms with Gasteiger partial charge in [-0.15, -0.1) is 0 Å². The molecule has 0 saturated heterocycles. The first-order valence-electron chi connectivity index (χ1n) is 7.53. The van der Waals surface area contributed by atoms with Gasteiger partial charge < -0.3 is 4.74 Å². The van der Waals surface area contributed by atoms with E-state index < -0.39 is 0 Å². The van der Waals surface area contributed by atoms with Gasteiger partial charge in [0.1, 0.15) is 0 Å². The van der Waals surface area contributed by atoms with Gasteiger partial charge in [-0.3, -0.25) is 0 Å². The highest BCUT2D eigenvalue weighted by Gasteiger charge is 2.12. The van der Waals surface area contributed by atoms with E-state index in [1.807, 2.05) is 0 Å². The zero-order valence-electron chi connectivity index (χ0n) is 12.9. The molecular weight excluding hydrogens is 494 g/mol. The maximum Gasteiger partial charge on any atom is 0.333 e. The molecule has 2 nitrogen and oxygen atoms in total. The van der Waals surface area contributed by atoms with Gasteiger partial charge in [-0.25, -0.2) is 4.79 Å². The van der Waals surface area contributed by atoms with Crippen LogP contribution in [0.2, 0.25) is 0 Å². The first kappa shape index (κ1) is 20.9. The second kappa shape index (κ2) is 12.4. The number of hydrogen-bond acceptors (Lipinski definition) is 2. The molecule has 0 fully saturated rings. The summed E-state index contributed by atoms with van der Waals surface area (Å²) in [5.74, 6) is -0.259. The van der Waals surface area contributed by atoms with Crippen LogP contribution in [-0.2, 0) is 9.53 Å². The van der Waals surface area contributed by atoms with Gasteiger partial charge in [-0.2, -0.15) is 0 Å². The van der Waals surface area contributed by atoms with Crippen LogP contribution in [0.4, 0.5) is 0 Å². The van der Waals surface area contributed by atoms with Crippen molar-refractivity contribution < 1.29 is 9.53 Å². The van der Waals surface area contributed by atoms with Crippen LogP contribution in [0.25, 0.3) is 0 Å². The standard InChI is InChI=1S/C15H28I2O2Si/c1-13(2)14(18)19-12-10-8-6-4-3-5-7-9-11-15(16,17)20/h1,3-12H2,2,20H3. The first-order chi connectivity index (χ1) is 9.33. The van der Waals surface area contributed by atoms with E-state index in [1.165, 1.54) is 55.2 Å². The van der Waals surface area contributed by atoms with Crippen molar-refractivity contribution in [2.24, 2.45) is 0 Å². The minimum atomic E-state index is -0.259. The van der Waals surface area contributed by atoms with Crippen molar-refractivity contribution in [3.63, 3.8) is 0 Å². The Labute approximate surface area is 154 Å². The van der Waals surface area contributed by atoms with Crippen LogP contribution in [0.15, 0.2) is 12.2 Å². The SMILES string of the molecule is C=C(C)C(=O)OCCCCCCCCCCC([SiH3])(I)I. The summed E-state index contributed by atoms with van der Waals surface area (Å²) < 4.78 is 5.62. The molecule has 0 saturated carbocycles. The quantitative estimate of drug-likeness (QED) is 0.0943. The number of esters is 1. The number of rotatable bonds is 12. The maximum absolute atomic E-state index is 11.1. The minimum Gasteiger partial charge on any atom is -0.462 e. The number of halogens is 2. The number of ether oxygens (including phenoxy) is 1. The highest BCUT2D eigenvalue weighted by atomic mass is 127. The Morgan fingerprint density at radius 2 is 1.50 bits per heavy atom. The van der Waals surface area contributed by atoms with E-state index in [9.17, 15) is 4.79 Å². The van der Waals surface area contributed by atoms with Crippen molar-refractivity contribution in [3.05, 3.63) is 12.2 Å². The summed E-state index contributed by atoms with van der Waals surface area (Å²) in [6.45, 7) is 5.79. The van der Waals surface area contributed by atoms with Crippen LogP contribution >= 0.6 is 45.2 Å². The third-order valence-electron chi connectivity index (χ3n) is 3.09. The fraction of sp³-hybridized carbons (Fsp3) is 0.800. The molecule has 0 aromatic heterocycles. The average Bonchev–Trinajstić information content (AvgIpc) is 2.34. The molecule has 0 rings (SSSR count). The van der Waals surface area contributed by atoms with Crippen LogP contribution in [0.5, 0.6) is 0 Å². The monoisotopic (exact) mass is 522 g/mol. The minimum absolute atomic E-state index is 0.259. The summed E-state index contributed by atoms with van der Waals surface area (Å²) in [6, 6.07) is 0. The van der Waals surface area contributed by atoms with Gasteiger partial charge in [0.15, 0.2) is 0 Å². The first-order valence-corrected chi connectivity index (χ1v) is 10.7. The fourth-order valence-corrected chi connectivity index (χ4v) is 3.00. The van der Waals surface area contributed by atoms with E-state index in [0.29, 0.717) is 13.2 Å². The van der Waals surface area contributed by atoms with Crippen molar-refractivity contribution in [1.82, 2.24) is 0 Å². The molecule has 0 unspecified atom stereocenters. The molecule has 0 aromatic rings. The number of carbonyl (C=O) groups excluding carboxylic acids is 1. The van der Waals surface area contributed by atoms with Crippen molar-refractivity contribution in [2.45, 2.75) is 65.8 Å². The fourth-order valence-electron chi connectivity index (χ4n) is 1.89. The van der Waals surface area contributed by atoms with Crippen LogP contribution < -0.4 is 0 Å². The predicted octanol–water partition coefficient (Wildman–Crippen LogP) is 4.51. The lowest BCUT2D eigenvalue weighted by atomic mass is 10.1. The van der Waals surface area contributed by atoms with Crippen molar-refractivity contribution in [3.8, 4) is 0 Å². The largest absolute Gasteiger partial charge is 0.462 e. The van der Waals surface area contributed by atoms with Crippen LogP contribution in [0.3, 0.4) is 0 Å². The molecule has 0 aliphatic rings. The Morgan fingerprint density at radius 3 is 1.95 bits per heavy atom. The smallest absolute Gasteiger partial charge is 0.333 e. The Kier molecular flexibility index (Phi) is 13.0. The number of alkyl halides is 2. The Morgan fingerprint density at radius 1 is 1.05 bits per heavy atom. The van der Waals surface area contributed by atoms with Gasteiger partial charge in [0, 0.05) is 15.8 Å². The van der Waals surface area contributed by atoms with E-state index in [4.69, 9.17) is 4.74 Å². The van der Waals surface area contributed by atoms with Gasteiger partial charge in [-0.1, -0.05) is 96.7 Å². The summed E-state index contributed by atoms with van der Waals surface area (Å²) >= 11 is 5.16. The Hall–Kier alpha value is 0.887. The summed E-state index contributed by atoms with van der Waals surface area (Å²) in [5, 5.41) is 0. The molecule has 0 aliphatic heterocycles. The lowest BCUT2D eigenvalue weighted by Gasteiger charge is -2.13. The maximum atomic E-state index is 11.1. The van der Waals surface area contributed by atoms with Gasteiger partial charge in [0.2, 0.25) is 0 Å². The second-order valence-electron chi connectivity index (χ2n) is 5.56. The Balaban J connectivity index is 3.18. The number of carbonyl (C=O) groups is 1. The molecule has 118 valence electrons. The lowest BCUT2D eigenvalue weighted by molar-refractivity contribution is -0.139. The van der Waals surface area contributed by atoms with E-state index in [1.54, 1.807) is 6.92 Å². The summed E-state index contributed by atoms with van der Waals surface area (Å²) in [6.07, 6.45) is 11.6. The van der Waals surface area contributed by atoms with Gasteiger partial charge >= 0.3 is 5.97 Å². The predicted molar refractivity (Wildman–Crippen MR) is 108 cm³/mol. The van der Waals surface area contributed by atoms with E-state index >= 15 is 0 Å². The molecule has 0 aromatic carbocycles. The molecule has 0 heterocycles. The molecular formula is C15H28I2O2Si. The van der Waals surface area contributed by atoms with Crippen molar-refractivity contribution in [2.75, 3.05) is 6.61 Å². The molecule has 0 N–H and O–H groups in total. The van der Waals surface area contributed by atoms with Crippen molar-refractivity contribution in [1.29, 1.82) is 0 Å². The second-order valence-corrected chi connectivity index (χ2v) is 18.2. The number of unbranched alkanes of at least 4 members (excludes halogenated alkanes) is 7.